The van der Waals surface area contributed by atoms with Gasteiger partial charge in [0.05, 0.1) is 12.2 Å². The molecule has 0 spiro atoms. The van der Waals surface area contributed by atoms with Gasteiger partial charge in [-0.25, -0.2) is 0 Å². The standard InChI is InChI=1S/C22H21NO4S/c24-28(25,17-18-9-3-1-4-10-18)26-16-20-15-23(19-11-5-2-6-12-19)21-13-7-8-14-22(21)27-20/h1-14,20H,15-17H2. The lowest BCUT2D eigenvalue weighted by Gasteiger charge is -2.36. The quantitative estimate of drug-likeness (QED) is 0.588. The molecule has 0 bridgehead atoms. The maximum Gasteiger partial charge on any atom is 0.271 e. The van der Waals surface area contributed by atoms with Gasteiger partial charge in [-0.2, -0.15) is 8.42 Å². The maximum atomic E-state index is 12.3. The fourth-order valence-corrected chi connectivity index (χ4v) is 4.28. The summed E-state index contributed by atoms with van der Waals surface area (Å²) < 4.78 is 36.0. The fourth-order valence-electron chi connectivity index (χ4n) is 3.24. The van der Waals surface area contributed by atoms with Crippen molar-refractivity contribution in [3.8, 4) is 5.75 Å². The van der Waals surface area contributed by atoms with Crippen molar-refractivity contribution in [2.24, 2.45) is 0 Å². The Morgan fingerprint density at radius 1 is 0.893 bits per heavy atom. The van der Waals surface area contributed by atoms with Crippen LogP contribution in [0.25, 0.3) is 0 Å². The molecule has 0 N–H and O–H groups in total. The van der Waals surface area contributed by atoms with Gasteiger partial charge in [-0.15, -0.1) is 0 Å². The first-order valence-electron chi connectivity index (χ1n) is 9.10. The molecule has 0 saturated heterocycles. The first-order chi connectivity index (χ1) is 13.6. The number of benzene rings is 3. The highest BCUT2D eigenvalue weighted by Gasteiger charge is 2.28. The zero-order valence-corrected chi connectivity index (χ0v) is 16.1. The van der Waals surface area contributed by atoms with Crippen molar-refractivity contribution in [1.82, 2.24) is 0 Å². The van der Waals surface area contributed by atoms with Crippen LogP contribution in [0, 0.1) is 0 Å². The van der Waals surface area contributed by atoms with E-state index < -0.39 is 16.2 Å². The van der Waals surface area contributed by atoms with Crippen LogP contribution in [0.15, 0.2) is 84.9 Å². The molecule has 0 aromatic heterocycles. The summed E-state index contributed by atoms with van der Waals surface area (Å²) in [7, 11) is -3.69. The summed E-state index contributed by atoms with van der Waals surface area (Å²) in [5, 5.41) is 0. The maximum absolute atomic E-state index is 12.3. The van der Waals surface area contributed by atoms with Gasteiger partial charge in [-0.3, -0.25) is 4.18 Å². The summed E-state index contributed by atoms with van der Waals surface area (Å²) in [6.45, 7) is 0.467. The van der Waals surface area contributed by atoms with E-state index in [1.54, 1.807) is 12.1 Å². The average Bonchev–Trinajstić information content (AvgIpc) is 2.73. The van der Waals surface area contributed by atoms with Crippen LogP contribution in [0.1, 0.15) is 5.56 Å². The predicted molar refractivity (Wildman–Crippen MR) is 109 cm³/mol. The molecule has 3 aromatic rings. The molecular formula is C22H21NO4S. The highest BCUT2D eigenvalue weighted by Crippen LogP contribution is 2.37. The van der Waals surface area contributed by atoms with E-state index in [9.17, 15) is 8.42 Å². The smallest absolute Gasteiger partial charge is 0.271 e. The Bertz CT molecular complexity index is 1020. The zero-order valence-electron chi connectivity index (χ0n) is 15.3. The normalized spacial score (nSPS) is 16.3. The minimum atomic E-state index is -3.69. The first-order valence-corrected chi connectivity index (χ1v) is 10.7. The molecule has 144 valence electrons. The van der Waals surface area contributed by atoms with Crippen molar-refractivity contribution in [3.63, 3.8) is 0 Å². The number of para-hydroxylation sites is 3. The molecule has 4 rings (SSSR count). The second kappa shape index (κ2) is 8.04. The van der Waals surface area contributed by atoms with Crippen molar-refractivity contribution in [1.29, 1.82) is 0 Å². The van der Waals surface area contributed by atoms with Crippen molar-refractivity contribution in [2.75, 3.05) is 18.1 Å². The van der Waals surface area contributed by atoms with E-state index in [0.29, 0.717) is 17.9 Å². The van der Waals surface area contributed by atoms with Gasteiger partial charge in [0.2, 0.25) is 0 Å². The molecule has 6 heteroatoms. The second-order valence-electron chi connectivity index (χ2n) is 6.63. The molecule has 0 fully saturated rings. The summed E-state index contributed by atoms with van der Waals surface area (Å²) in [5.74, 6) is 0.561. The largest absolute Gasteiger partial charge is 0.484 e. The fraction of sp³-hybridized carbons (Fsp3) is 0.182. The van der Waals surface area contributed by atoms with Crippen LogP contribution < -0.4 is 9.64 Å². The lowest BCUT2D eigenvalue weighted by atomic mass is 10.1. The van der Waals surface area contributed by atoms with Crippen LogP contribution in [0.2, 0.25) is 0 Å². The lowest BCUT2D eigenvalue weighted by Crippen LogP contribution is -2.40. The van der Waals surface area contributed by atoms with Gasteiger partial charge in [0.25, 0.3) is 10.1 Å². The van der Waals surface area contributed by atoms with Crippen molar-refractivity contribution >= 4 is 21.5 Å². The molecule has 0 amide bonds. The highest BCUT2D eigenvalue weighted by molar-refractivity contribution is 7.85. The van der Waals surface area contributed by atoms with Gasteiger partial charge in [-0.05, 0) is 29.8 Å². The number of rotatable bonds is 6. The Morgan fingerprint density at radius 3 is 2.29 bits per heavy atom. The van der Waals surface area contributed by atoms with Gasteiger partial charge >= 0.3 is 0 Å². The molecular weight excluding hydrogens is 374 g/mol. The van der Waals surface area contributed by atoms with E-state index in [-0.39, 0.29) is 12.4 Å². The van der Waals surface area contributed by atoms with Crippen LogP contribution in [0.4, 0.5) is 11.4 Å². The van der Waals surface area contributed by atoms with Gasteiger partial charge in [-0.1, -0.05) is 60.7 Å². The van der Waals surface area contributed by atoms with Crippen molar-refractivity contribution in [2.45, 2.75) is 11.9 Å². The van der Waals surface area contributed by atoms with E-state index in [4.69, 9.17) is 8.92 Å². The molecule has 0 aliphatic carbocycles. The Balaban J connectivity index is 1.49. The number of fused-ring (bicyclic) bond motifs is 1. The van der Waals surface area contributed by atoms with Crippen molar-refractivity contribution < 1.29 is 17.3 Å². The average molecular weight is 395 g/mol. The van der Waals surface area contributed by atoms with Gasteiger partial charge in [0.1, 0.15) is 24.2 Å². The van der Waals surface area contributed by atoms with Crippen molar-refractivity contribution in [3.05, 3.63) is 90.5 Å². The summed E-state index contributed by atoms with van der Waals surface area (Å²) in [6.07, 6.45) is -0.402. The number of anilines is 2. The third-order valence-corrected chi connectivity index (χ3v) is 5.71. The van der Waals surface area contributed by atoms with Gasteiger partial charge in [0, 0.05) is 5.69 Å². The van der Waals surface area contributed by atoms with Crippen LogP contribution in [0.5, 0.6) is 5.75 Å². The molecule has 0 saturated carbocycles. The summed E-state index contributed by atoms with van der Waals surface area (Å²) in [6, 6.07) is 26.7. The monoisotopic (exact) mass is 395 g/mol. The third kappa shape index (κ3) is 4.35. The van der Waals surface area contributed by atoms with Crippen LogP contribution >= 0.6 is 0 Å². The third-order valence-electron chi connectivity index (χ3n) is 4.52. The van der Waals surface area contributed by atoms with Gasteiger partial charge in [0.15, 0.2) is 0 Å². The first kappa shape index (κ1) is 18.5. The van der Waals surface area contributed by atoms with E-state index in [1.807, 2.05) is 72.8 Å². The Kier molecular flexibility index (Phi) is 5.32. The molecule has 1 unspecified atom stereocenters. The molecule has 1 aliphatic rings. The molecule has 0 radical (unpaired) electrons. The van der Waals surface area contributed by atoms with E-state index in [0.717, 1.165) is 11.4 Å². The van der Waals surface area contributed by atoms with E-state index >= 15 is 0 Å². The minimum Gasteiger partial charge on any atom is -0.484 e. The zero-order chi connectivity index (χ0) is 19.4. The Labute approximate surface area is 165 Å². The topological polar surface area (TPSA) is 55.8 Å². The van der Waals surface area contributed by atoms with Crippen LogP contribution in [-0.4, -0.2) is 27.7 Å². The lowest BCUT2D eigenvalue weighted by molar-refractivity contribution is 0.130. The summed E-state index contributed by atoms with van der Waals surface area (Å²) in [5.41, 5.74) is 2.68. The summed E-state index contributed by atoms with van der Waals surface area (Å²) in [4.78, 5) is 2.12. The van der Waals surface area contributed by atoms with Crippen LogP contribution in [0.3, 0.4) is 0 Å². The molecule has 1 heterocycles. The summed E-state index contributed by atoms with van der Waals surface area (Å²) >= 11 is 0. The molecule has 3 aromatic carbocycles. The minimum absolute atomic E-state index is 0.0349. The Hall–Kier alpha value is -2.83. The van der Waals surface area contributed by atoms with Crippen LogP contribution in [-0.2, 0) is 20.1 Å². The molecule has 1 atom stereocenters. The second-order valence-corrected chi connectivity index (χ2v) is 8.27. The molecule has 1 aliphatic heterocycles. The van der Waals surface area contributed by atoms with E-state index in [1.165, 1.54) is 0 Å². The Morgan fingerprint density at radius 2 is 1.54 bits per heavy atom. The number of ether oxygens (including phenoxy) is 1. The van der Waals surface area contributed by atoms with Gasteiger partial charge < -0.3 is 9.64 Å². The SMILES string of the molecule is O=S(=O)(Cc1ccccc1)OCC1CN(c2ccccc2)c2ccccc2O1. The molecule has 5 nitrogen and oxygen atoms in total. The van der Waals surface area contributed by atoms with E-state index in [2.05, 4.69) is 4.90 Å². The number of hydrogen-bond acceptors (Lipinski definition) is 5. The number of nitrogens with zero attached hydrogens (tertiary/aromatic N) is 1. The number of hydrogen-bond donors (Lipinski definition) is 0. The highest BCUT2D eigenvalue weighted by atomic mass is 32.2. The predicted octanol–water partition coefficient (Wildman–Crippen LogP) is 4.13. The molecule has 28 heavy (non-hydrogen) atoms.